The molecule has 23 heavy (non-hydrogen) atoms. The van der Waals surface area contributed by atoms with E-state index >= 15 is 0 Å². The minimum Gasteiger partial charge on any atom is -0.338 e. The first-order valence-electron chi connectivity index (χ1n) is 7.95. The van der Waals surface area contributed by atoms with Crippen molar-refractivity contribution >= 4 is 17.6 Å². The molecule has 0 aliphatic heterocycles. The second-order valence-electron chi connectivity index (χ2n) is 6.07. The van der Waals surface area contributed by atoms with E-state index in [0.29, 0.717) is 23.2 Å². The summed E-state index contributed by atoms with van der Waals surface area (Å²) in [5.74, 6) is -0.395. The lowest BCUT2D eigenvalue weighted by Gasteiger charge is -2.21. The van der Waals surface area contributed by atoms with E-state index in [1.807, 2.05) is 0 Å². The van der Waals surface area contributed by atoms with Gasteiger partial charge in [-0.2, -0.15) is 0 Å². The Morgan fingerprint density at radius 1 is 1.30 bits per heavy atom. The van der Waals surface area contributed by atoms with Crippen LogP contribution in [0.2, 0.25) is 5.02 Å². The monoisotopic (exact) mass is 343 g/mol. The number of benzene rings is 1. The van der Waals surface area contributed by atoms with Crippen molar-refractivity contribution in [2.24, 2.45) is 0 Å². The fraction of sp³-hybridized carbons (Fsp3) is 0.588. The maximum Gasteiger partial charge on any atom is 0.317 e. The third kappa shape index (κ3) is 6.75. The van der Waals surface area contributed by atoms with Crippen molar-refractivity contribution in [2.75, 3.05) is 27.2 Å². The SMILES string of the molecule is CC(C)N(C)CCCCNC(=O)N(C)Cc1c(F)cccc1Cl. The molecule has 1 aromatic rings. The van der Waals surface area contributed by atoms with Crippen LogP contribution < -0.4 is 5.32 Å². The number of nitrogens with zero attached hydrogens (tertiary/aromatic N) is 2. The lowest BCUT2D eigenvalue weighted by Crippen LogP contribution is -2.37. The van der Waals surface area contributed by atoms with Gasteiger partial charge in [0.25, 0.3) is 0 Å². The molecule has 0 spiro atoms. The largest absolute Gasteiger partial charge is 0.338 e. The molecule has 1 N–H and O–H groups in total. The average Bonchev–Trinajstić information content (AvgIpc) is 2.49. The van der Waals surface area contributed by atoms with Crippen LogP contribution in [0.4, 0.5) is 9.18 Å². The Balaban J connectivity index is 2.32. The van der Waals surface area contributed by atoms with Gasteiger partial charge in [-0.1, -0.05) is 17.7 Å². The maximum atomic E-state index is 13.7. The Kier molecular flexibility index (Phi) is 8.34. The minimum absolute atomic E-state index is 0.146. The Morgan fingerprint density at radius 2 is 2.00 bits per heavy atom. The summed E-state index contributed by atoms with van der Waals surface area (Å²) in [5.41, 5.74) is 0.338. The first kappa shape index (κ1) is 19.7. The highest BCUT2D eigenvalue weighted by Crippen LogP contribution is 2.20. The molecule has 0 radical (unpaired) electrons. The van der Waals surface area contributed by atoms with Gasteiger partial charge in [0.1, 0.15) is 5.82 Å². The zero-order chi connectivity index (χ0) is 17.4. The number of hydrogen-bond donors (Lipinski definition) is 1. The third-order valence-electron chi connectivity index (χ3n) is 3.90. The molecule has 0 fully saturated rings. The number of carbonyl (C=O) groups is 1. The van der Waals surface area contributed by atoms with Crippen LogP contribution in [0, 0.1) is 5.82 Å². The van der Waals surface area contributed by atoms with Gasteiger partial charge in [0.2, 0.25) is 0 Å². The molecule has 0 saturated heterocycles. The van der Waals surface area contributed by atoms with E-state index in [1.54, 1.807) is 19.2 Å². The summed E-state index contributed by atoms with van der Waals surface area (Å²) in [4.78, 5) is 15.7. The van der Waals surface area contributed by atoms with E-state index < -0.39 is 5.82 Å². The fourth-order valence-corrected chi connectivity index (χ4v) is 2.29. The first-order chi connectivity index (χ1) is 10.8. The molecule has 0 atom stereocenters. The predicted octanol–water partition coefficient (Wildman–Crippen LogP) is 3.74. The van der Waals surface area contributed by atoms with Gasteiger partial charge in [-0.15, -0.1) is 0 Å². The van der Waals surface area contributed by atoms with Gasteiger partial charge in [0.15, 0.2) is 0 Å². The lowest BCUT2D eigenvalue weighted by molar-refractivity contribution is 0.205. The van der Waals surface area contributed by atoms with Gasteiger partial charge in [-0.25, -0.2) is 9.18 Å². The Labute approximate surface area is 143 Å². The third-order valence-corrected chi connectivity index (χ3v) is 4.25. The van der Waals surface area contributed by atoms with Gasteiger partial charge >= 0.3 is 6.03 Å². The molecule has 0 aliphatic rings. The van der Waals surface area contributed by atoms with Crippen LogP contribution >= 0.6 is 11.6 Å². The standard InChI is InChI=1S/C17H27ClFN3O/c1-13(2)21(3)11-6-5-10-20-17(23)22(4)12-14-15(18)8-7-9-16(14)19/h7-9,13H,5-6,10-12H2,1-4H3,(H,20,23). The topological polar surface area (TPSA) is 35.6 Å². The molecular formula is C17H27ClFN3O. The van der Waals surface area contributed by atoms with Crippen LogP contribution in [0.3, 0.4) is 0 Å². The summed E-state index contributed by atoms with van der Waals surface area (Å²) in [6.45, 7) is 6.08. The van der Waals surface area contributed by atoms with E-state index in [4.69, 9.17) is 11.6 Å². The molecule has 0 bridgehead atoms. The number of urea groups is 1. The van der Waals surface area contributed by atoms with Crippen LogP contribution in [-0.4, -0.2) is 49.1 Å². The first-order valence-corrected chi connectivity index (χ1v) is 8.32. The van der Waals surface area contributed by atoms with Crippen molar-refractivity contribution in [3.63, 3.8) is 0 Å². The van der Waals surface area contributed by atoms with Gasteiger partial charge < -0.3 is 15.1 Å². The molecule has 1 aromatic carbocycles. The number of halogens is 2. The average molecular weight is 344 g/mol. The second-order valence-corrected chi connectivity index (χ2v) is 6.48. The van der Waals surface area contributed by atoms with E-state index in [9.17, 15) is 9.18 Å². The van der Waals surface area contributed by atoms with E-state index in [1.165, 1.54) is 11.0 Å². The Hall–Kier alpha value is -1.33. The van der Waals surface area contributed by atoms with Gasteiger partial charge in [-0.3, -0.25) is 0 Å². The maximum absolute atomic E-state index is 13.7. The fourth-order valence-electron chi connectivity index (χ4n) is 2.07. The zero-order valence-electron chi connectivity index (χ0n) is 14.4. The van der Waals surface area contributed by atoms with E-state index in [0.717, 1.165) is 19.4 Å². The molecule has 0 heterocycles. The van der Waals surface area contributed by atoms with Crippen LogP contribution in [0.1, 0.15) is 32.3 Å². The van der Waals surface area contributed by atoms with Crippen LogP contribution in [0.25, 0.3) is 0 Å². The summed E-state index contributed by atoms with van der Waals surface area (Å²) < 4.78 is 13.7. The quantitative estimate of drug-likeness (QED) is 0.730. The highest BCUT2D eigenvalue weighted by atomic mass is 35.5. The molecule has 0 aromatic heterocycles. The molecule has 6 heteroatoms. The lowest BCUT2D eigenvalue weighted by atomic mass is 10.2. The van der Waals surface area contributed by atoms with Crippen molar-refractivity contribution in [1.82, 2.24) is 15.1 Å². The molecule has 2 amide bonds. The summed E-state index contributed by atoms with van der Waals surface area (Å²) >= 11 is 5.98. The van der Waals surface area contributed by atoms with Crippen molar-refractivity contribution in [2.45, 2.75) is 39.3 Å². The zero-order valence-corrected chi connectivity index (χ0v) is 15.2. The molecule has 0 saturated carbocycles. The molecule has 130 valence electrons. The normalized spacial score (nSPS) is 11.1. The van der Waals surface area contributed by atoms with Gasteiger partial charge in [0.05, 0.1) is 6.54 Å². The second kappa shape index (κ2) is 9.73. The Bertz CT molecular complexity index is 490. The van der Waals surface area contributed by atoms with Crippen molar-refractivity contribution in [1.29, 1.82) is 0 Å². The molecule has 0 aliphatic carbocycles. The highest BCUT2D eigenvalue weighted by molar-refractivity contribution is 6.31. The van der Waals surface area contributed by atoms with Gasteiger partial charge in [-0.05, 0) is 52.4 Å². The Morgan fingerprint density at radius 3 is 2.61 bits per heavy atom. The minimum atomic E-state index is -0.395. The molecule has 0 unspecified atom stereocenters. The smallest absolute Gasteiger partial charge is 0.317 e. The summed E-state index contributed by atoms with van der Waals surface area (Å²) in [7, 11) is 3.72. The number of nitrogens with one attached hydrogen (secondary N) is 1. The number of rotatable bonds is 8. The molecule has 1 rings (SSSR count). The summed E-state index contributed by atoms with van der Waals surface area (Å²) in [6, 6.07) is 4.83. The molecular weight excluding hydrogens is 317 g/mol. The van der Waals surface area contributed by atoms with E-state index in [2.05, 4.69) is 31.1 Å². The number of amides is 2. The van der Waals surface area contributed by atoms with E-state index in [-0.39, 0.29) is 12.6 Å². The summed E-state index contributed by atoms with van der Waals surface area (Å²) in [5, 5.41) is 3.18. The van der Waals surface area contributed by atoms with Gasteiger partial charge in [0, 0.05) is 30.2 Å². The number of carbonyl (C=O) groups excluding carboxylic acids is 1. The molecule has 4 nitrogen and oxygen atoms in total. The number of unbranched alkanes of at least 4 members (excludes halogenated alkanes) is 1. The highest BCUT2D eigenvalue weighted by Gasteiger charge is 2.13. The van der Waals surface area contributed by atoms with Crippen molar-refractivity contribution in [3.05, 3.63) is 34.6 Å². The van der Waals surface area contributed by atoms with Crippen LogP contribution in [-0.2, 0) is 6.54 Å². The van der Waals surface area contributed by atoms with Crippen LogP contribution in [0.5, 0.6) is 0 Å². The van der Waals surface area contributed by atoms with Crippen molar-refractivity contribution in [3.8, 4) is 0 Å². The number of hydrogen-bond acceptors (Lipinski definition) is 2. The summed E-state index contributed by atoms with van der Waals surface area (Å²) in [6.07, 6.45) is 1.94. The van der Waals surface area contributed by atoms with Crippen LogP contribution in [0.15, 0.2) is 18.2 Å². The predicted molar refractivity (Wildman–Crippen MR) is 93.3 cm³/mol. The van der Waals surface area contributed by atoms with Crippen molar-refractivity contribution < 1.29 is 9.18 Å².